The van der Waals surface area contributed by atoms with E-state index >= 15 is 0 Å². The molecular formula is C28H35ClN2O6S. The van der Waals surface area contributed by atoms with E-state index in [0.717, 1.165) is 22.2 Å². The fourth-order valence-corrected chi connectivity index (χ4v) is 6.87. The highest BCUT2D eigenvalue weighted by Crippen LogP contribution is 2.49. The number of sulfonamides is 1. The van der Waals surface area contributed by atoms with Gasteiger partial charge in [-0.25, -0.2) is 13.2 Å². The zero-order valence-electron chi connectivity index (χ0n) is 22.8. The van der Waals surface area contributed by atoms with Gasteiger partial charge in [-0.1, -0.05) is 23.7 Å². The summed E-state index contributed by atoms with van der Waals surface area (Å²) in [4.78, 5) is 12.8. The number of aryl methyl sites for hydroxylation is 1. The Balaban J connectivity index is 2.19. The minimum Gasteiger partial charge on any atom is -0.479 e. The number of carbonyl (C=O) groups is 1. The average molecular weight is 563 g/mol. The van der Waals surface area contributed by atoms with Crippen LogP contribution >= 0.6 is 11.6 Å². The van der Waals surface area contributed by atoms with Crippen LogP contribution in [0.3, 0.4) is 0 Å². The monoisotopic (exact) mass is 562 g/mol. The molecule has 0 radical (unpaired) electrons. The lowest BCUT2D eigenvalue weighted by atomic mass is 9.87. The van der Waals surface area contributed by atoms with E-state index in [4.69, 9.17) is 21.1 Å². The van der Waals surface area contributed by atoms with Crippen molar-refractivity contribution in [2.75, 3.05) is 24.3 Å². The Labute approximate surface area is 229 Å². The van der Waals surface area contributed by atoms with Crippen LogP contribution in [0, 0.1) is 13.8 Å². The van der Waals surface area contributed by atoms with Gasteiger partial charge < -0.3 is 19.1 Å². The van der Waals surface area contributed by atoms with E-state index in [1.54, 1.807) is 46.9 Å². The van der Waals surface area contributed by atoms with Crippen molar-refractivity contribution in [1.29, 1.82) is 0 Å². The number of aliphatic carboxylic acids is 1. The van der Waals surface area contributed by atoms with Crippen LogP contribution in [-0.2, 0) is 30.8 Å². The third-order valence-corrected chi connectivity index (χ3v) is 8.32. The number of methoxy groups -OCH3 is 1. The number of hydrogen-bond acceptors (Lipinski definition) is 5. The summed E-state index contributed by atoms with van der Waals surface area (Å²) in [6, 6.07) is 8.82. The molecule has 1 unspecified atom stereocenters. The van der Waals surface area contributed by atoms with Crippen molar-refractivity contribution in [1.82, 2.24) is 4.57 Å². The summed E-state index contributed by atoms with van der Waals surface area (Å²) in [6.45, 7) is 10.0. The summed E-state index contributed by atoms with van der Waals surface area (Å²) < 4.78 is 41.7. The van der Waals surface area contributed by atoms with Gasteiger partial charge >= 0.3 is 5.97 Å². The summed E-state index contributed by atoms with van der Waals surface area (Å²) in [5.74, 6) is -1.15. The Morgan fingerprint density at radius 2 is 1.84 bits per heavy atom. The third kappa shape index (κ3) is 5.17. The molecule has 2 atom stereocenters. The Bertz CT molecular complexity index is 1490. The molecule has 1 aliphatic rings. The van der Waals surface area contributed by atoms with Gasteiger partial charge in [-0.15, -0.1) is 0 Å². The first-order chi connectivity index (χ1) is 17.7. The van der Waals surface area contributed by atoms with Gasteiger partial charge in [0, 0.05) is 41.9 Å². The van der Waals surface area contributed by atoms with Crippen LogP contribution < -0.4 is 4.31 Å². The van der Waals surface area contributed by atoms with Crippen molar-refractivity contribution in [3.8, 4) is 11.1 Å². The molecule has 8 nitrogen and oxygen atoms in total. The number of ether oxygens (including phenoxy) is 2. The van der Waals surface area contributed by atoms with E-state index in [1.165, 1.54) is 10.6 Å². The molecule has 2 heterocycles. The molecule has 0 spiro atoms. The van der Waals surface area contributed by atoms with Gasteiger partial charge in [0.05, 0.1) is 29.1 Å². The van der Waals surface area contributed by atoms with E-state index in [0.29, 0.717) is 47.0 Å². The van der Waals surface area contributed by atoms with Gasteiger partial charge in [0.25, 0.3) is 0 Å². The first-order valence-corrected chi connectivity index (χ1v) is 14.7. The highest BCUT2D eigenvalue weighted by molar-refractivity contribution is 7.92. The number of carboxylic acids is 1. The van der Waals surface area contributed by atoms with Crippen molar-refractivity contribution in [3.63, 3.8) is 0 Å². The fourth-order valence-electron chi connectivity index (χ4n) is 5.47. The highest BCUT2D eigenvalue weighted by Gasteiger charge is 2.40. The maximum Gasteiger partial charge on any atom is 0.337 e. The summed E-state index contributed by atoms with van der Waals surface area (Å²) >= 11 is 6.20. The van der Waals surface area contributed by atoms with Gasteiger partial charge in [0.1, 0.15) is 0 Å². The molecule has 206 valence electrons. The van der Waals surface area contributed by atoms with E-state index in [9.17, 15) is 18.3 Å². The molecule has 1 aliphatic heterocycles. The minimum atomic E-state index is -3.73. The molecule has 0 saturated heterocycles. The second kappa shape index (κ2) is 10.2. The number of rotatable bonds is 8. The summed E-state index contributed by atoms with van der Waals surface area (Å²) in [7, 11) is -2.14. The molecule has 10 heteroatoms. The average Bonchev–Trinajstić information content (AvgIpc) is 3.13. The van der Waals surface area contributed by atoms with Crippen LogP contribution in [0.15, 0.2) is 30.3 Å². The van der Waals surface area contributed by atoms with Gasteiger partial charge in [-0.2, -0.15) is 0 Å². The summed E-state index contributed by atoms with van der Waals surface area (Å²) in [6.07, 6.45) is 0.332. The number of benzene rings is 2. The Morgan fingerprint density at radius 3 is 2.37 bits per heavy atom. The van der Waals surface area contributed by atoms with Crippen molar-refractivity contribution in [2.24, 2.45) is 0 Å². The number of carboxylic acid groups (broad SMARTS) is 1. The van der Waals surface area contributed by atoms with Crippen LogP contribution in [0.25, 0.3) is 22.0 Å². The minimum absolute atomic E-state index is 0.384. The summed E-state index contributed by atoms with van der Waals surface area (Å²) in [5, 5.41) is 11.8. The zero-order chi connectivity index (χ0) is 28.2. The van der Waals surface area contributed by atoms with Crippen LogP contribution in [0.2, 0.25) is 5.02 Å². The standard InChI is InChI=1S/C28H35ClN2O6S/c1-16-14-21-23(18-8-10-19(29)11-9-18)22(26(27(32)33)37-28(3,4)5)17(2)24-25(21)30(16)15-20(12-13-36-6)31(24)38(7,34)35/h8-11,14,20,26H,12-13,15H2,1-7H3,(H,32,33)/t20?,26-/m0/s1. The lowest BCUT2D eigenvalue weighted by molar-refractivity contribution is -0.160. The lowest BCUT2D eigenvalue weighted by Gasteiger charge is -2.39. The predicted octanol–water partition coefficient (Wildman–Crippen LogP) is 5.70. The van der Waals surface area contributed by atoms with Gasteiger partial charge in [0.15, 0.2) is 6.10 Å². The Morgan fingerprint density at radius 1 is 1.21 bits per heavy atom. The van der Waals surface area contributed by atoms with E-state index in [2.05, 4.69) is 4.57 Å². The van der Waals surface area contributed by atoms with E-state index < -0.39 is 33.7 Å². The maximum absolute atomic E-state index is 13.3. The zero-order valence-corrected chi connectivity index (χ0v) is 24.4. The normalized spacial score (nSPS) is 16.7. The predicted molar refractivity (Wildman–Crippen MR) is 151 cm³/mol. The molecule has 4 rings (SSSR count). The highest BCUT2D eigenvalue weighted by atomic mass is 35.5. The second-order valence-electron chi connectivity index (χ2n) is 10.9. The Hall–Kier alpha value is -2.59. The molecule has 3 aromatic rings. The molecule has 1 aromatic heterocycles. The van der Waals surface area contributed by atoms with E-state index in [-0.39, 0.29) is 0 Å². The van der Waals surface area contributed by atoms with Crippen molar-refractivity contribution in [3.05, 3.63) is 52.2 Å². The molecule has 0 aliphatic carbocycles. The topological polar surface area (TPSA) is 98.1 Å². The first-order valence-electron chi connectivity index (χ1n) is 12.5. The van der Waals surface area contributed by atoms with Crippen molar-refractivity contribution < 1.29 is 27.8 Å². The molecule has 38 heavy (non-hydrogen) atoms. The lowest BCUT2D eigenvalue weighted by Crippen LogP contribution is -2.46. The molecule has 1 N–H and O–H groups in total. The molecular weight excluding hydrogens is 528 g/mol. The quantitative estimate of drug-likeness (QED) is 0.378. The van der Waals surface area contributed by atoms with Crippen LogP contribution in [-0.4, -0.2) is 55.7 Å². The SMILES string of the molecule is COCCC1Cn2c(C)cc3c(-c4ccc(Cl)cc4)c([C@H](OC(C)(C)C)C(=O)O)c(C)c(c32)N1S(C)(=O)=O. The van der Waals surface area contributed by atoms with Gasteiger partial charge in [-0.05, 0) is 75.9 Å². The second-order valence-corrected chi connectivity index (χ2v) is 13.2. The molecule has 0 fully saturated rings. The van der Waals surface area contributed by atoms with Crippen molar-refractivity contribution >= 4 is 44.2 Å². The first kappa shape index (κ1) is 28.4. The number of hydrogen-bond donors (Lipinski definition) is 1. The fraction of sp³-hybridized carbons (Fsp3) is 0.464. The van der Waals surface area contributed by atoms with Crippen LogP contribution in [0.4, 0.5) is 5.69 Å². The largest absolute Gasteiger partial charge is 0.479 e. The van der Waals surface area contributed by atoms with Crippen LogP contribution in [0.5, 0.6) is 0 Å². The molecule has 2 aromatic carbocycles. The molecule has 0 saturated carbocycles. The number of aromatic nitrogens is 1. The Kier molecular flexibility index (Phi) is 7.62. The number of anilines is 1. The van der Waals surface area contributed by atoms with Gasteiger partial charge in [0.2, 0.25) is 10.0 Å². The van der Waals surface area contributed by atoms with Crippen LogP contribution in [0.1, 0.15) is 50.1 Å². The van der Waals surface area contributed by atoms with Crippen molar-refractivity contribution in [2.45, 2.75) is 65.3 Å². The molecule has 0 amide bonds. The number of nitrogens with zero attached hydrogens (tertiary/aromatic N) is 2. The van der Waals surface area contributed by atoms with Gasteiger partial charge in [-0.3, -0.25) is 4.31 Å². The third-order valence-electron chi connectivity index (χ3n) is 6.87. The maximum atomic E-state index is 13.3. The smallest absolute Gasteiger partial charge is 0.337 e. The molecule has 0 bridgehead atoms. The van der Waals surface area contributed by atoms with E-state index in [1.807, 2.05) is 25.1 Å². The summed E-state index contributed by atoms with van der Waals surface area (Å²) in [5.41, 5.74) is 3.85. The number of halogens is 1.